The van der Waals surface area contributed by atoms with E-state index in [9.17, 15) is 9.59 Å². The Morgan fingerprint density at radius 3 is 2.21 bits per heavy atom. The van der Waals surface area contributed by atoms with E-state index in [0.29, 0.717) is 19.4 Å². The lowest BCUT2D eigenvalue weighted by Gasteiger charge is -2.23. The molecule has 0 aromatic heterocycles. The van der Waals surface area contributed by atoms with Crippen LogP contribution in [-0.4, -0.2) is 30.3 Å². The second-order valence-electron chi connectivity index (χ2n) is 7.94. The standard InChI is InChI=1S/C20H30N2O2/c1-6-7-14-22(5)18(24)20(12-13-20)17(23)21-16-10-8-15(9-11-16)19(2,3)4/h8-11H,6-7,12-14H2,1-5H3,(H,21,23). The Bertz CT molecular complexity index is 595. The summed E-state index contributed by atoms with van der Waals surface area (Å²) in [6, 6.07) is 7.90. The molecule has 0 unspecified atom stereocenters. The highest BCUT2D eigenvalue weighted by Crippen LogP contribution is 2.48. The minimum atomic E-state index is -0.842. The molecule has 0 radical (unpaired) electrons. The average Bonchev–Trinajstić information content (AvgIpc) is 3.33. The molecule has 1 fully saturated rings. The van der Waals surface area contributed by atoms with Crippen molar-refractivity contribution < 1.29 is 9.59 Å². The SMILES string of the molecule is CCCCN(C)C(=O)C1(C(=O)Nc2ccc(C(C)(C)C)cc2)CC1. The Hall–Kier alpha value is -1.84. The zero-order chi connectivity index (χ0) is 18.0. The van der Waals surface area contributed by atoms with Gasteiger partial charge in [0.05, 0.1) is 0 Å². The van der Waals surface area contributed by atoms with E-state index >= 15 is 0 Å². The average molecular weight is 330 g/mol. The highest BCUT2D eigenvalue weighted by atomic mass is 16.2. The molecule has 0 saturated heterocycles. The lowest BCUT2D eigenvalue weighted by Crippen LogP contribution is -2.41. The van der Waals surface area contributed by atoms with Crippen molar-refractivity contribution in [2.75, 3.05) is 18.9 Å². The fourth-order valence-corrected chi connectivity index (χ4v) is 2.83. The molecule has 1 aromatic carbocycles. The lowest BCUT2D eigenvalue weighted by atomic mass is 9.87. The number of nitrogens with zero attached hydrogens (tertiary/aromatic N) is 1. The fourth-order valence-electron chi connectivity index (χ4n) is 2.83. The zero-order valence-electron chi connectivity index (χ0n) is 15.6. The monoisotopic (exact) mass is 330 g/mol. The normalized spacial score (nSPS) is 15.7. The summed E-state index contributed by atoms with van der Waals surface area (Å²) in [5.74, 6) is -0.209. The van der Waals surface area contributed by atoms with Gasteiger partial charge in [-0.1, -0.05) is 46.2 Å². The number of hydrogen-bond donors (Lipinski definition) is 1. The van der Waals surface area contributed by atoms with Crippen molar-refractivity contribution >= 4 is 17.5 Å². The van der Waals surface area contributed by atoms with Gasteiger partial charge in [-0.25, -0.2) is 0 Å². The summed E-state index contributed by atoms with van der Waals surface area (Å²) in [4.78, 5) is 27.0. The molecule has 1 N–H and O–H groups in total. The Morgan fingerprint density at radius 2 is 1.75 bits per heavy atom. The van der Waals surface area contributed by atoms with Crippen molar-refractivity contribution in [1.82, 2.24) is 4.90 Å². The zero-order valence-corrected chi connectivity index (χ0v) is 15.6. The summed E-state index contributed by atoms with van der Waals surface area (Å²) >= 11 is 0. The Kier molecular flexibility index (Phi) is 5.36. The van der Waals surface area contributed by atoms with Crippen LogP contribution in [0.1, 0.15) is 58.9 Å². The maximum atomic E-state index is 12.6. The quantitative estimate of drug-likeness (QED) is 0.803. The van der Waals surface area contributed by atoms with Gasteiger partial charge >= 0.3 is 0 Å². The highest BCUT2D eigenvalue weighted by Gasteiger charge is 2.57. The van der Waals surface area contributed by atoms with Crippen molar-refractivity contribution in [3.05, 3.63) is 29.8 Å². The van der Waals surface area contributed by atoms with E-state index in [1.54, 1.807) is 11.9 Å². The first kappa shape index (κ1) is 18.5. The van der Waals surface area contributed by atoms with Crippen molar-refractivity contribution in [1.29, 1.82) is 0 Å². The van der Waals surface area contributed by atoms with Crippen LogP contribution in [0.5, 0.6) is 0 Å². The van der Waals surface area contributed by atoms with Crippen molar-refractivity contribution in [2.45, 2.75) is 58.8 Å². The van der Waals surface area contributed by atoms with Crippen LogP contribution >= 0.6 is 0 Å². The van der Waals surface area contributed by atoms with Gasteiger partial charge in [-0.3, -0.25) is 9.59 Å². The van der Waals surface area contributed by atoms with Gasteiger partial charge in [0.2, 0.25) is 11.8 Å². The molecule has 1 saturated carbocycles. The molecule has 1 aliphatic rings. The molecular formula is C20H30N2O2. The first-order valence-corrected chi connectivity index (χ1v) is 8.88. The maximum Gasteiger partial charge on any atom is 0.240 e. The number of unbranched alkanes of at least 4 members (excludes halogenated alkanes) is 1. The molecule has 0 atom stereocenters. The number of carbonyl (C=O) groups excluding carboxylic acids is 2. The minimum absolute atomic E-state index is 0.0419. The molecule has 132 valence electrons. The third kappa shape index (κ3) is 3.97. The summed E-state index contributed by atoms with van der Waals surface area (Å²) in [6.45, 7) is 9.28. The molecule has 1 aromatic rings. The van der Waals surface area contributed by atoms with E-state index in [2.05, 4.69) is 33.0 Å². The first-order chi connectivity index (χ1) is 11.2. The van der Waals surface area contributed by atoms with Crippen LogP contribution in [0.25, 0.3) is 0 Å². The molecule has 0 aliphatic heterocycles. The van der Waals surface area contributed by atoms with Crippen LogP contribution in [0.4, 0.5) is 5.69 Å². The van der Waals surface area contributed by atoms with Crippen LogP contribution < -0.4 is 5.32 Å². The number of hydrogen-bond acceptors (Lipinski definition) is 2. The molecule has 4 nitrogen and oxygen atoms in total. The summed E-state index contributed by atoms with van der Waals surface area (Å²) in [5.41, 5.74) is 1.21. The number of anilines is 1. The van der Waals surface area contributed by atoms with Crippen LogP contribution in [0.3, 0.4) is 0 Å². The van der Waals surface area contributed by atoms with Crippen molar-refractivity contribution in [2.24, 2.45) is 5.41 Å². The van der Waals surface area contributed by atoms with Gasteiger partial charge in [0.15, 0.2) is 0 Å². The summed E-state index contributed by atoms with van der Waals surface area (Å²) in [5, 5.41) is 2.93. The third-order valence-corrected chi connectivity index (χ3v) is 4.80. The topological polar surface area (TPSA) is 49.4 Å². The van der Waals surface area contributed by atoms with E-state index < -0.39 is 5.41 Å². The Morgan fingerprint density at radius 1 is 1.17 bits per heavy atom. The molecule has 1 aliphatic carbocycles. The Balaban J connectivity index is 2.02. The van der Waals surface area contributed by atoms with Crippen LogP contribution in [-0.2, 0) is 15.0 Å². The number of amides is 2. The summed E-state index contributed by atoms with van der Waals surface area (Å²) in [7, 11) is 1.80. The number of carbonyl (C=O) groups is 2. The molecule has 2 amide bonds. The van der Waals surface area contributed by atoms with Crippen molar-refractivity contribution in [3.8, 4) is 0 Å². The lowest BCUT2D eigenvalue weighted by molar-refractivity contribution is -0.141. The van der Waals surface area contributed by atoms with E-state index in [-0.39, 0.29) is 17.2 Å². The second-order valence-corrected chi connectivity index (χ2v) is 7.94. The second kappa shape index (κ2) is 6.96. The molecule has 0 heterocycles. The summed E-state index contributed by atoms with van der Waals surface area (Å²) in [6.07, 6.45) is 3.30. The maximum absolute atomic E-state index is 12.6. The number of benzene rings is 1. The highest BCUT2D eigenvalue weighted by molar-refractivity contribution is 6.12. The van der Waals surface area contributed by atoms with Gasteiger partial charge in [0, 0.05) is 19.3 Å². The molecule has 24 heavy (non-hydrogen) atoms. The van der Waals surface area contributed by atoms with E-state index in [1.165, 1.54) is 5.56 Å². The van der Waals surface area contributed by atoms with Crippen molar-refractivity contribution in [3.63, 3.8) is 0 Å². The van der Waals surface area contributed by atoms with E-state index in [0.717, 1.165) is 18.5 Å². The van der Waals surface area contributed by atoms with Gasteiger partial charge in [-0.2, -0.15) is 0 Å². The van der Waals surface area contributed by atoms with Gasteiger partial charge in [-0.15, -0.1) is 0 Å². The van der Waals surface area contributed by atoms with Crippen LogP contribution in [0, 0.1) is 5.41 Å². The molecule has 2 rings (SSSR count). The van der Waals surface area contributed by atoms with Crippen LogP contribution in [0.2, 0.25) is 0 Å². The summed E-state index contributed by atoms with van der Waals surface area (Å²) < 4.78 is 0. The molecule has 4 heteroatoms. The fraction of sp³-hybridized carbons (Fsp3) is 0.600. The van der Waals surface area contributed by atoms with Gasteiger partial charge in [0.25, 0.3) is 0 Å². The largest absolute Gasteiger partial charge is 0.345 e. The molecule has 0 bridgehead atoms. The minimum Gasteiger partial charge on any atom is -0.345 e. The van der Waals surface area contributed by atoms with Gasteiger partial charge in [-0.05, 0) is 42.4 Å². The van der Waals surface area contributed by atoms with Gasteiger partial charge in [0.1, 0.15) is 5.41 Å². The third-order valence-electron chi connectivity index (χ3n) is 4.80. The van der Waals surface area contributed by atoms with E-state index in [4.69, 9.17) is 0 Å². The van der Waals surface area contributed by atoms with Gasteiger partial charge < -0.3 is 10.2 Å². The first-order valence-electron chi connectivity index (χ1n) is 8.88. The molecular weight excluding hydrogens is 300 g/mol. The Labute approximate surface area is 145 Å². The smallest absolute Gasteiger partial charge is 0.240 e. The number of rotatable bonds is 6. The number of nitrogens with one attached hydrogen (secondary N) is 1. The predicted octanol–water partition coefficient (Wildman–Crippen LogP) is 3.96. The van der Waals surface area contributed by atoms with Crippen LogP contribution in [0.15, 0.2) is 24.3 Å². The predicted molar refractivity (Wildman–Crippen MR) is 98.0 cm³/mol. The molecule has 0 spiro atoms. The van der Waals surface area contributed by atoms with E-state index in [1.807, 2.05) is 24.3 Å².